The number of aromatic nitrogens is 2. The highest BCUT2D eigenvalue weighted by Crippen LogP contribution is 2.30. The molecule has 2 atom stereocenters. The second-order valence-electron chi connectivity index (χ2n) is 8.62. The van der Waals surface area contributed by atoms with Gasteiger partial charge in [-0.15, -0.1) is 0 Å². The van der Waals surface area contributed by atoms with Gasteiger partial charge in [0.1, 0.15) is 11.6 Å². The zero-order valence-electron chi connectivity index (χ0n) is 20.8. The lowest BCUT2D eigenvalue weighted by Gasteiger charge is -2.20. The second kappa shape index (κ2) is 11.9. The fourth-order valence-corrected chi connectivity index (χ4v) is 4.55. The predicted octanol–water partition coefficient (Wildman–Crippen LogP) is 5.34. The highest BCUT2D eigenvalue weighted by molar-refractivity contribution is 7.91. The van der Waals surface area contributed by atoms with Crippen LogP contribution in [-0.2, 0) is 16.1 Å². The summed E-state index contributed by atoms with van der Waals surface area (Å²) in [6.45, 7) is 2.44. The highest BCUT2D eigenvalue weighted by Gasteiger charge is 2.16. The van der Waals surface area contributed by atoms with Gasteiger partial charge in [-0.2, -0.15) is 4.98 Å². The molecule has 0 radical (unpaired) electrons. The van der Waals surface area contributed by atoms with Gasteiger partial charge < -0.3 is 20.5 Å². The third-order valence-corrected chi connectivity index (χ3v) is 6.84. The summed E-state index contributed by atoms with van der Waals surface area (Å²) in [7, 11) is -2.86. The van der Waals surface area contributed by atoms with E-state index in [1.807, 2.05) is 61.5 Å². The van der Waals surface area contributed by atoms with Crippen molar-refractivity contribution in [3.63, 3.8) is 0 Å². The highest BCUT2D eigenvalue weighted by atomic mass is 32.2. The van der Waals surface area contributed by atoms with Crippen LogP contribution in [0.25, 0.3) is 11.1 Å². The molecule has 4 N–H and O–H groups in total. The fraction of sp³-hybridized carbons (Fsp3) is 0.214. The predicted molar refractivity (Wildman–Crippen MR) is 148 cm³/mol. The van der Waals surface area contributed by atoms with E-state index in [-0.39, 0.29) is 12.6 Å². The standard InChI is InChI=1S/C28H31N5O3S/c1-3-36-24-14-12-21(13-15-24)26-18-30-28(32-22-10-7-11-25(17-22)37(2,29)35)33-27(26)31-23(19-34)16-20-8-5-4-6-9-20/h4-15,17-18,23,29,34H,3,16,19H2,1-2H3,(H2,30,31,32,33). The molecule has 0 aliphatic carbocycles. The van der Waals surface area contributed by atoms with Gasteiger partial charge in [0.2, 0.25) is 5.95 Å². The van der Waals surface area contributed by atoms with E-state index >= 15 is 0 Å². The maximum absolute atomic E-state index is 12.2. The van der Waals surface area contributed by atoms with Crippen LogP contribution in [0.3, 0.4) is 0 Å². The van der Waals surface area contributed by atoms with E-state index in [2.05, 4.69) is 15.6 Å². The molecule has 0 amide bonds. The van der Waals surface area contributed by atoms with Crippen LogP contribution in [0.15, 0.2) is 90.0 Å². The maximum atomic E-state index is 12.2. The molecular formula is C28H31N5O3S. The van der Waals surface area contributed by atoms with Gasteiger partial charge in [-0.1, -0.05) is 48.5 Å². The van der Waals surface area contributed by atoms with Gasteiger partial charge in [0.25, 0.3) is 0 Å². The molecule has 0 saturated heterocycles. The Morgan fingerprint density at radius 3 is 2.49 bits per heavy atom. The molecule has 9 heteroatoms. The smallest absolute Gasteiger partial charge is 0.229 e. The first-order valence-corrected chi connectivity index (χ1v) is 13.9. The second-order valence-corrected chi connectivity index (χ2v) is 10.8. The Bertz CT molecular complexity index is 1430. The van der Waals surface area contributed by atoms with Crippen molar-refractivity contribution in [2.24, 2.45) is 0 Å². The number of nitrogens with zero attached hydrogens (tertiary/aromatic N) is 2. The quantitative estimate of drug-likeness (QED) is 0.212. The summed E-state index contributed by atoms with van der Waals surface area (Å²) in [5.74, 6) is 1.67. The molecule has 192 valence electrons. The molecule has 1 heterocycles. The van der Waals surface area contributed by atoms with E-state index in [0.29, 0.717) is 35.4 Å². The lowest BCUT2D eigenvalue weighted by atomic mass is 10.0. The average molecular weight is 518 g/mol. The number of anilines is 3. The fourth-order valence-electron chi connectivity index (χ4n) is 3.86. The summed E-state index contributed by atoms with van der Waals surface area (Å²) in [5.41, 5.74) is 3.40. The van der Waals surface area contributed by atoms with Crippen molar-refractivity contribution in [3.8, 4) is 16.9 Å². The molecule has 0 saturated carbocycles. The van der Waals surface area contributed by atoms with E-state index in [4.69, 9.17) is 14.5 Å². The summed E-state index contributed by atoms with van der Waals surface area (Å²) in [4.78, 5) is 9.66. The van der Waals surface area contributed by atoms with Crippen molar-refractivity contribution in [2.45, 2.75) is 24.3 Å². The maximum Gasteiger partial charge on any atom is 0.229 e. The molecule has 1 aromatic heterocycles. The summed E-state index contributed by atoms with van der Waals surface area (Å²) < 4.78 is 25.6. The molecule has 0 fully saturated rings. The Balaban J connectivity index is 1.67. The van der Waals surface area contributed by atoms with Crippen molar-refractivity contribution in [1.29, 1.82) is 4.78 Å². The van der Waals surface area contributed by atoms with Crippen LogP contribution in [0.2, 0.25) is 0 Å². The minimum atomic E-state index is -2.86. The van der Waals surface area contributed by atoms with Crippen molar-refractivity contribution in [1.82, 2.24) is 9.97 Å². The minimum Gasteiger partial charge on any atom is -0.494 e. The van der Waals surface area contributed by atoms with Gasteiger partial charge in [-0.3, -0.25) is 0 Å². The number of benzene rings is 3. The van der Waals surface area contributed by atoms with Gasteiger partial charge in [-0.25, -0.2) is 14.0 Å². The Labute approximate surface area is 217 Å². The third kappa shape index (κ3) is 7.05. The molecule has 3 aromatic carbocycles. The number of ether oxygens (including phenoxy) is 1. The van der Waals surface area contributed by atoms with Crippen molar-refractivity contribution < 1.29 is 14.1 Å². The van der Waals surface area contributed by atoms with E-state index in [1.165, 1.54) is 6.26 Å². The van der Waals surface area contributed by atoms with E-state index in [9.17, 15) is 9.32 Å². The monoisotopic (exact) mass is 517 g/mol. The normalized spacial score (nSPS) is 13.4. The Morgan fingerprint density at radius 2 is 1.81 bits per heavy atom. The first-order chi connectivity index (χ1) is 17.9. The van der Waals surface area contributed by atoms with E-state index in [1.54, 1.807) is 30.5 Å². The Morgan fingerprint density at radius 1 is 1.05 bits per heavy atom. The summed E-state index contributed by atoms with van der Waals surface area (Å²) in [5, 5.41) is 16.7. The topological polar surface area (TPSA) is 120 Å². The summed E-state index contributed by atoms with van der Waals surface area (Å²) in [6, 6.07) is 24.2. The Kier molecular flexibility index (Phi) is 8.37. The lowest BCUT2D eigenvalue weighted by molar-refractivity contribution is 0.273. The zero-order valence-corrected chi connectivity index (χ0v) is 21.7. The number of hydrogen-bond donors (Lipinski definition) is 4. The average Bonchev–Trinajstić information content (AvgIpc) is 2.89. The molecule has 0 aliphatic rings. The molecule has 0 spiro atoms. The first-order valence-electron chi connectivity index (χ1n) is 12.0. The number of nitrogens with one attached hydrogen (secondary N) is 3. The molecule has 4 rings (SSSR count). The van der Waals surface area contributed by atoms with E-state index in [0.717, 1.165) is 22.4 Å². The summed E-state index contributed by atoms with van der Waals surface area (Å²) in [6.07, 6.45) is 3.73. The molecule has 2 unspecified atom stereocenters. The van der Waals surface area contributed by atoms with Crippen molar-refractivity contribution >= 4 is 27.2 Å². The van der Waals surface area contributed by atoms with Crippen molar-refractivity contribution in [3.05, 3.63) is 90.6 Å². The zero-order chi connectivity index (χ0) is 26.3. The Hall–Kier alpha value is -3.95. The minimum absolute atomic E-state index is 0.0826. The lowest BCUT2D eigenvalue weighted by Crippen LogP contribution is -2.27. The van der Waals surface area contributed by atoms with Gasteiger partial charge >= 0.3 is 0 Å². The van der Waals surface area contributed by atoms with Gasteiger partial charge in [0, 0.05) is 28.6 Å². The SMILES string of the molecule is CCOc1ccc(-c2cnc(Nc3cccc(S(C)(=N)=O)c3)nc2NC(CO)Cc2ccccc2)cc1. The first kappa shape index (κ1) is 26.1. The molecule has 0 bridgehead atoms. The number of aliphatic hydroxyl groups is 1. The molecule has 37 heavy (non-hydrogen) atoms. The molecule has 8 nitrogen and oxygen atoms in total. The van der Waals surface area contributed by atoms with Crippen LogP contribution in [0, 0.1) is 4.78 Å². The van der Waals surface area contributed by atoms with Crippen LogP contribution in [0.1, 0.15) is 12.5 Å². The van der Waals surface area contributed by atoms with Crippen molar-refractivity contribution in [2.75, 3.05) is 30.1 Å². The van der Waals surface area contributed by atoms with Crippen LogP contribution < -0.4 is 15.4 Å². The van der Waals surface area contributed by atoms with Crippen LogP contribution in [0.5, 0.6) is 5.75 Å². The van der Waals surface area contributed by atoms with Crippen LogP contribution >= 0.6 is 0 Å². The van der Waals surface area contributed by atoms with E-state index < -0.39 is 9.73 Å². The van der Waals surface area contributed by atoms with Gasteiger partial charge in [-0.05, 0) is 54.8 Å². The number of aliphatic hydroxyl groups excluding tert-OH is 1. The largest absolute Gasteiger partial charge is 0.494 e. The third-order valence-electron chi connectivity index (χ3n) is 5.69. The molecule has 4 aromatic rings. The number of hydrogen-bond acceptors (Lipinski definition) is 8. The molecular weight excluding hydrogens is 486 g/mol. The van der Waals surface area contributed by atoms with Crippen LogP contribution in [0.4, 0.5) is 17.5 Å². The van der Waals surface area contributed by atoms with Gasteiger partial charge in [0.15, 0.2) is 0 Å². The molecule has 0 aliphatic heterocycles. The van der Waals surface area contributed by atoms with Crippen LogP contribution in [-0.4, -0.2) is 44.8 Å². The summed E-state index contributed by atoms with van der Waals surface area (Å²) >= 11 is 0. The van der Waals surface area contributed by atoms with Gasteiger partial charge in [0.05, 0.1) is 29.0 Å². The number of rotatable bonds is 11.